The minimum absolute atomic E-state index is 0.191. The van der Waals surface area contributed by atoms with Gasteiger partial charge in [0.1, 0.15) is 11.3 Å². The molecule has 0 bridgehead atoms. The molecule has 2 N–H and O–H groups in total. The second kappa shape index (κ2) is 4.92. The summed E-state index contributed by atoms with van der Waals surface area (Å²) >= 11 is 0. The van der Waals surface area contributed by atoms with Crippen LogP contribution < -0.4 is 5.56 Å². The van der Waals surface area contributed by atoms with Gasteiger partial charge in [-0.3, -0.25) is 9.89 Å². The maximum absolute atomic E-state index is 12.0. The Balaban J connectivity index is 2.09. The first-order valence-corrected chi connectivity index (χ1v) is 6.66. The van der Waals surface area contributed by atoms with E-state index in [4.69, 9.17) is 0 Å². The van der Waals surface area contributed by atoms with Crippen molar-refractivity contribution in [2.24, 2.45) is 0 Å². The molecule has 0 unspecified atom stereocenters. The van der Waals surface area contributed by atoms with Crippen molar-refractivity contribution in [1.82, 2.24) is 20.2 Å². The second-order valence-electron chi connectivity index (χ2n) is 5.16. The van der Waals surface area contributed by atoms with Gasteiger partial charge in [0.05, 0.1) is 5.69 Å². The van der Waals surface area contributed by atoms with Crippen molar-refractivity contribution < 1.29 is 0 Å². The van der Waals surface area contributed by atoms with E-state index in [9.17, 15) is 4.79 Å². The summed E-state index contributed by atoms with van der Waals surface area (Å²) in [5.74, 6) is 0.913. The highest BCUT2D eigenvalue weighted by Gasteiger charge is 2.14. The lowest BCUT2D eigenvalue weighted by atomic mass is 10.1. The molecular formula is C15H16N4O. The number of hydrogen-bond acceptors (Lipinski definition) is 3. The molecule has 0 fully saturated rings. The number of hydrogen-bond donors (Lipinski definition) is 2. The van der Waals surface area contributed by atoms with E-state index >= 15 is 0 Å². The van der Waals surface area contributed by atoms with Gasteiger partial charge in [-0.2, -0.15) is 5.10 Å². The molecule has 3 aromatic rings. The first-order chi connectivity index (χ1) is 9.65. The van der Waals surface area contributed by atoms with Crippen LogP contribution in [-0.4, -0.2) is 20.2 Å². The number of aromatic amines is 2. The summed E-state index contributed by atoms with van der Waals surface area (Å²) in [5, 5.41) is 6.97. The summed E-state index contributed by atoms with van der Waals surface area (Å²) in [7, 11) is 0. The van der Waals surface area contributed by atoms with Crippen LogP contribution in [0.15, 0.2) is 35.1 Å². The molecule has 0 radical (unpaired) electrons. The Labute approximate surface area is 116 Å². The first kappa shape index (κ1) is 12.6. The van der Waals surface area contributed by atoms with Gasteiger partial charge in [0, 0.05) is 6.42 Å². The molecule has 0 aliphatic rings. The van der Waals surface area contributed by atoms with Crippen molar-refractivity contribution in [2.45, 2.75) is 26.2 Å². The largest absolute Gasteiger partial charge is 0.308 e. The monoisotopic (exact) mass is 268 g/mol. The Morgan fingerprint density at radius 2 is 1.90 bits per heavy atom. The summed E-state index contributed by atoms with van der Waals surface area (Å²) in [5.41, 5.74) is 2.88. The average molecular weight is 268 g/mol. The summed E-state index contributed by atoms with van der Waals surface area (Å²) in [4.78, 5) is 19.4. The third kappa shape index (κ3) is 2.22. The SMILES string of the molecule is CC(C)c1[nH]nc2c(=O)[nH]c(Cc3ccccc3)nc12. The van der Waals surface area contributed by atoms with Crippen molar-refractivity contribution in [1.29, 1.82) is 0 Å². The zero-order valence-electron chi connectivity index (χ0n) is 11.5. The molecule has 0 saturated heterocycles. The number of H-pyrrole nitrogens is 2. The topological polar surface area (TPSA) is 74.4 Å². The van der Waals surface area contributed by atoms with Gasteiger partial charge in [-0.1, -0.05) is 44.2 Å². The number of fused-ring (bicyclic) bond motifs is 1. The van der Waals surface area contributed by atoms with E-state index in [1.54, 1.807) is 0 Å². The molecule has 5 nitrogen and oxygen atoms in total. The molecule has 5 heteroatoms. The lowest BCUT2D eigenvalue weighted by Gasteiger charge is -2.03. The smallest absolute Gasteiger partial charge is 0.279 e. The van der Waals surface area contributed by atoms with E-state index in [1.807, 2.05) is 44.2 Å². The van der Waals surface area contributed by atoms with Gasteiger partial charge >= 0.3 is 0 Å². The number of rotatable bonds is 3. The van der Waals surface area contributed by atoms with Crippen molar-refractivity contribution >= 4 is 11.0 Å². The molecule has 2 heterocycles. The lowest BCUT2D eigenvalue weighted by molar-refractivity contribution is 0.814. The Bertz CT molecular complexity index is 786. The lowest BCUT2D eigenvalue weighted by Crippen LogP contribution is -2.12. The van der Waals surface area contributed by atoms with Crippen LogP contribution in [0.1, 0.15) is 36.8 Å². The maximum atomic E-state index is 12.0. The third-order valence-electron chi connectivity index (χ3n) is 3.28. The maximum Gasteiger partial charge on any atom is 0.279 e. The van der Waals surface area contributed by atoms with Gasteiger partial charge in [0.15, 0.2) is 5.52 Å². The number of nitrogens with one attached hydrogen (secondary N) is 2. The van der Waals surface area contributed by atoms with Crippen molar-refractivity contribution in [3.63, 3.8) is 0 Å². The molecule has 0 aliphatic carbocycles. The Morgan fingerprint density at radius 1 is 1.15 bits per heavy atom. The Kier molecular flexibility index (Phi) is 3.10. The van der Waals surface area contributed by atoms with Crippen LogP contribution in [0.3, 0.4) is 0 Å². The molecule has 0 amide bonds. The summed E-state index contributed by atoms with van der Waals surface area (Å²) < 4.78 is 0. The average Bonchev–Trinajstić information content (AvgIpc) is 2.84. The van der Waals surface area contributed by atoms with Crippen molar-refractivity contribution in [2.75, 3.05) is 0 Å². The fourth-order valence-electron chi connectivity index (χ4n) is 2.25. The molecule has 0 saturated carbocycles. The molecule has 2 aromatic heterocycles. The van der Waals surface area contributed by atoms with Gasteiger partial charge in [-0.25, -0.2) is 4.98 Å². The predicted octanol–water partition coefficient (Wildman–Crippen LogP) is 2.36. The number of nitrogens with zero attached hydrogens (tertiary/aromatic N) is 2. The van der Waals surface area contributed by atoms with E-state index in [-0.39, 0.29) is 11.5 Å². The van der Waals surface area contributed by atoms with Crippen LogP contribution >= 0.6 is 0 Å². The highest BCUT2D eigenvalue weighted by molar-refractivity contribution is 5.76. The minimum Gasteiger partial charge on any atom is -0.308 e. The highest BCUT2D eigenvalue weighted by Crippen LogP contribution is 2.19. The first-order valence-electron chi connectivity index (χ1n) is 6.66. The fraction of sp³-hybridized carbons (Fsp3) is 0.267. The predicted molar refractivity (Wildman–Crippen MR) is 77.8 cm³/mol. The molecule has 0 atom stereocenters. The van der Waals surface area contributed by atoms with E-state index in [0.29, 0.717) is 23.3 Å². The van der Waals surface area contributed by atoms with E-state index in [0.717, 1.165) is 11.3 Å². The van der Waals surface area contributed by atoms with Crippen molar-refractivity contribution in [3.05, 3.63) is 57.8 Å². The van der Waals surface area contributed by atoms with Gasteiger partial charge in [0.2, 0.25) is 0 Å². The Morgan fingerprint density at radius 3 is 2.60 bits per heavy atom. The van der Waals surface area contributed by atoms with Gasteiger partial charge in [-0.05, 0) is 11.5 Å². The molecule has 102 valence electrons. The third-order valence-corrected chi connectivity index (χ3v) is 3.28. The molecule has 1 aromatic carbocycles. The highest BCUT2D eigenvalue weighted by atomic mass is 16.1. The van der Waals surface area contributed by atoms with Crippen LogP contribution in [0.4, 0.5) is 0 Å². The molecule has 3 rings (SSSR count). The van der Waals surface area contributed by atoms with E-state index < -0.39 is 0 Å². The van der Waals surface area contributed by atoms with Crippen LogP contribution in [0.25, 0.3) is 11.0 Å². The molecule has 0 spiro atoms. The number of benzene rings is 1. The molecular weight excluding hydrogens is 252 g/mol. The summed E-state index contributed by atoms with van der Waals surface area (Å²) in [6, 6.07) is 9.95. The van der Waals surface area contributed by atoms with E-state index in [2.05, 4.69) is 20.2 Å². The normalized spacial score (nSPS) is 11.3. The van der Waals surface area contributed by atoms with Crippen LogP contribution in [-0.2, 0) is 6.42 Å². The quantitative estimate of drug-likeness (QED) is 0.765. The second-order valence-corrected chi connectivity index (χ2v) is 5.16. The minimum atomic E-state index is -0.191. The zero-order valence-corrected chi connectivity index (χ0v) is 11.5. The molecule has 20 heavy (non-hydrogen) atoms. The van der Waals surface area contributed by atoms with Crippen LogP contribution in [0.5, 0.6) is 0 Å². The number of aromatic nitrogens is 4. The van der Waals surface area contributed by atoms with Crippen LogP contribution in [0, 0.1) is 0 Å². The zero-order chi connectivity index (χ0) is 14.1. The summed E-state index contributed by atoms with van der Waals surface area (Å²) in [6.07, 6.45) is 0.606. The Hall–Kier alpha value is -2.43. The van der Waals surface area contributed by atoms with E-state index in [1.165, 1.54) is 0 Å². The van der Waals surface area contributed by atoms with Gasteiger partial charge in [-0.15, -0.1) is 0 Å². The van der Waals surface area contributed by atoms with Gasteiger partial charge in [0.25, 0.3) is 5.56 Å². The van der Waals surface area contributed by atoms with Gasteiger partial charge < -0.3 is 4.98 Å². The van der Waals surface area contributed by atoms with Crippen molar-refractivity contribution in [3.8, 4) is 0 Å². The standard InChI is InChI=1S/C15H16N4O/c1-9(2)12-13-14(19-18-12)15(20)17-11(16-13)8-10-6-4-3-5-7-10/h3-7,9H,8H2,1-2H3,(H,18,19)(H,16,17,20). The summed E-state index contributed by atoms with van der Waals surface area (Å²) in [6.45, 7) is 4.10. The fourth-order valence-corrected chi connectivity index (χ4v) is 2.25. The van der Waals surface area contributed by atoms with Crippen LogP contribution in [0.2, 0.25) is 0 Å². The molecule has 0 aliphatic heterocycles.